The molecule has 0 radical (unpaired) electrons. The van der Waals surface area contributed by atoms with Crippen LogP contribution in [0.15, 0.2) is 24.3 Å². The summed E-state index contributed by atoms with van der Waals surface area (Å²) in [5.41, 5.74) is 0.772. The molecule has 0 unspecified atom stereocenters. The standard InChI is InChI=1S/C18H23FN2O3S2/c1-13(2)26(23,24)11-5-3-4-6-16(22)12-17-20-21-18(25-17)14-7-9-15(19)10-8-14/h7-10,13H,3-6,11-12H2,1-2H3. The smallest absolute Gasteiger partial charge is 0.152 e. The van der Waals surface area contributed by atoms with Gasteiger partial charge < -0.3 is 0 Å². The van der Waals surface area contributed by atoms with Crippen LogP contribution in [0.25, 0.3) is 10.6 Å². The first-order valence-corrected chi connectivity index (χ1v) is 11.1. The summed E-state index contributed by atoms with van der Waals surface area (Å²) in [6.45, 7) is 3.36. The van der Waals surface area contributed by atoms with E-state index < -0.39 is 9.84 Å². The number of Topliss-reactive ketones (excluding diaryl/α,β-unsaturated/α-hetero) is 1. The molecule has 0 fully saturated rings. The first-order chi connectivity index (χ1) is 12.3. The summed E-state index contributed by atoms with van der Waals surface area (Å²) in [6, 6.07) is 5.99. The summed E-state index contributed by atoms with van der Waals surface area (Å²) in [5, 5.41) is 9.02. The second kappa shape index (κ2) is 9.32. The normalized spacial score (nSPS) is 11.8. The highest BCUT2D eigenvalue weighted by molar-refractivity contribution is 7.91. The van der Waals surface area contributed by atoms with Crippen molar-refractivity contribution in [2.24, 2.45) is 0 Å². The second-order valence-corrected chi connectivity index (χ2v) is 10.2. The number of carbonyl (C=O) groups is 1. The van der Waals surface area contributed by atoms with E-state index in [0.29, 0.717) is 35.7 Å². The molecule has 1 aromatic heterocycles. The first-order valence-electron chi connectivity index (χ1n) is 8.59. The number of nitrogens with zero attached hydrogens (tertiary/aromatic N) is 2. The van der Waals surface area contributed by atoms with Crippen molar-refractivity contribution in [2.75, 3.05) is 5.75 Å². The van der Waals surface area contributed by atoms with Gasteiger partial charge in [-0.05, 0) is 51.0 Å². The topological polar surface area (TPSA) is 77.0 Å². The van der Waals surface area contributed by atoms with Gasteiger partial charge in [-0.15, -0.1) is 10.2 Å². The van der Waals surface area contributed by atoms with Crippen LogP contribution in [0, 0.1) is 5.82 Å². The Bertz CT molecular complexity index is 830. The predicted molar refractivity (Wildman–Crippen MR) is 101 cm³/mol. The Kier molecular flexibility index (Phi) is 7.40. The molecule has 0 aliphatic heterocycles. The highest BCUT2D eigenvalue weighted by Gasteiger charge is 2.15. The molecule has 2 aromatic rings. The van der Waals surface area contributed by atoms with Crippen LogP contribution >= 0.6 is 11.3 Å². The van der Waals surface area contributed by atoms with Crippen LogP contribution in [0.4, 0.5) is 4.39 Å². The summed E-state index contributed by atoms with van der Waals surface area (Å²) in [6.07, 6.45) is 2.61. The van der Waals surface area contributed by atoms with Crippen LogP contribution in [0.3, 0.4) is 0 Å². The van der Waals surface area contributed by atoms with Crippen LogP contribution < -0.4 is 0 Å². The van der Waals surface area contributed by atoms with Gasteiger partial charge in [-0.25, -0.2) is 12.8 Å². The third-order valence-electron chi connectivity index (χ3n) is 4.01. The maximum atomic E-state index is 12.9. The summed E-state index contributed by atoms with van der Waals surface area (Å²) < 4.78 is 36.4. The monoisotopic (exact) mass is 398 g/mol. The lowest BCUT2D eigenvalue weighted by molar-refractivity contribution is -0.118. The molecule has 0 saturated carbocycles. The highest BCUT2D eigenvalue weighted by Crippen LogP contribution is 2.24. The van der Waals surface area contributed by atoms with Crippen molar-refractivity contribution in [1.29, 1.82) is 0 Å². The predicted octanol–water partition coefficient (Wildman–Crippen LogP) is 3.84. The van der Waals surface area contributed by atoms with Gasteiger partial charge in [-0.2, -0.15) is 0 Å². The maximum Gasteiger partial charge on any atom is 0.152 e. The SMILES string of the molecule is CC(C)S(=O)(=O)CCCCCC(=O)Cc1nnc(-c2ccc(F)cc2)s1. The molecule has 1 aromatic carbocycles. The molecule has 5 nitrogen and oxygen atoms in total. The Hall–Kier alpha value is -1.67. The molecule has 26 heavy (non-hydrogen) atoms. The van der Waals surface area contributed by atoms with E-state index in [9.17, 15) is 17.6 Å². The fraction of sp³-hybridized carbons (Fsp3) is 0.500. The number of unbranched alkanes of at least 4 members (excludes halogenated alkanes) is 2. The van der Waals surface area contributed by atoms with Gasteiger partial charge in [-0.1, -0.05) is 17.8 Å². The van der Waals surface area contributed by atoms with Crippen molar-refractivity contribution in [2.45, 2.75) is 51.2 Å². The Labute approximate surface area is 157 Å². The summed E-state index contributed by atoms with van der Waals surface area (Å²) in [7, 11) is -3.00. The summed E-state index contributed by atoms with van der Waals surface area (Å²) in [5.74, 6) is -0.0654. The molecule has 0 aliphatic rings. The van der Waals surface area contributed by atoms with E-state index in [1.54, 1.807) is 26.0 Å². The zero-order chi connectivity index (χ0) is 19.2. The number of benzene rings is 1. The van der Waals surface area contributed by atoms with Gasteiger partial charge in [0.25, 0.3) is 0 Å². The third kappa shape index (κ3) is 6.25. The van der Waals surface area contributed by atoms with Crippen molar-refractivity contribution in [3.05, 3.63) is 35.1 Å². The van der Waals surface area contributed by atoms with E-state index in [1.165, 1.54) is 23.5 Å². The van der Waals surface area contributed by atoms with E-state index in [4.69, 9.17) is 0 Å². The van der Waals surface area contributed by atoms with Gasteiger partial charge in [-0.3, -0.25) is 4.79 Å². The van der Waals surface area contributed by atoms with Gasteiger partial charge in [0.05, 0.1) is 17.4 Å². The lowest BCUT2D eigenvalue weighted by atomic mass is 10.1. The average molecular weight is 399 g/mol. The van der Waals surface area contributed by atoms with Crippen LogP contribution in [-0.4, -0.2) is 35.4 Å². The number of ketones is 1. The Balaban J connectivity index is 1.74. The molecule has 0 N–H and O–H groups in total. The van der Waals surface area contributed by atoms with Gasteiger partial charge in [0, 0.05) is 12.0 Å². The molecule has 0 atom stereocenters. The number of hydrogen-bond acceptors (Lipinski definition) is 6. The minimum Gasteiger partial charge on any atom is -0.299 e. The van der Waals surface area contributed by atoms with E-state index in [1.807, 2.05) is 0 Å². The number of hydrogen-bond donors (Lipinski definition) is 0. The van der Waals surface area contributed by atoms with Gasteiger partial charge >= 0.3 is 0 Å². The molecular formula is C18H23FN2O3S2. The highest BCUT2D eigenvalue weighted by atomic mass is 32.2. The number of rotatable bonds is 10. The van der Waals surface area contributed by atoms with E-state index in [0.717, 1.165) is 5.56 Å². The fourth-order valence-electron chi connectivity index (χ4n) is 2.33. The number of sulfone groups is 1. The Morgan fingerprint density at radius 1 is 1.12 bits per heavy atom. The summed E-state index contributed by atoms with van der Waals surface area (Å²) >= 11 is 1.33. The first kappa shape index (κ1) is 20.6. The van der Waals surface area contributed by atoms with Crippen LogP contribution in [-0.2, 0) is 21.1 Å². The molecule has 0 amide bonds. The van der Waals surface area contributed by atoms with Gasteiger partial charge in [0.2, 0.25) is 0 Å². The van der Waals surface area contributed by atoms with Crippen molar-refractivity contribution in [3.8, 4) is 10.6 Å². The molecule has 0 aliphatic carbocycles. The van der Waals surface area contributed by atoms with E-state index >= 15 is 0 Å². The van der Waals surface area contributed by atoms with Crippen molar-refractivity contribution < 1.29 is 17.6 Å². The number of carbonyl (C=O) groups excluding carboxylic acids is 1. The fourth-order valence-corrected chi connectivity index (χ4v) is 4.28. The summed E-state index contributed by atoms with van der Waals surface area (Å²) in [4.78, 5) is 12.0. The molecule has 0 spiro atoms. The lowest BCUT2D eigenvalue weighted by Gasteiger charge is -2.06. The van der Waals surface area contributed by atoms with Crippen LogP contribution in [0.5, 0.6) is 0 Å². The molecular weight excluding hydrogens is 375 g/mol. The molecule has 8 heteroatoms. The average Bonchev–Trinajstić information content (AvgIpc) is 3.03. The van der Waals surface area contributed by atoms with Crippen LogP contribution in [0.2, 0.25) is 0 Å². The largest absolute Gasteiger partial charge is 0.299 e. The third-order valence-corrected chi connectivity index (χ3v) is 7.28. The Morgan fingerprint density at radius 2 is 1.81 bits per heavy atom. The zero-order valence-corrected chi connectivity index (χ0v) is 16.6. The number of halogens is 1. The lowest BCUT2D eigenvalue weighted by Crippen LogP contribution is -2.17. The van der Waals surface area contributed by atoms with E-state index in [2.05, 4.69) is 10.2 Å². The van der Waals surface area contributed by atoms with Gasteiger partial charge in [0.1, 0.15) is 21.6 Å². The zero-order valence-electron chi connectivity index (χ0n) is 14.9. The molecule has 1 heterocycles. The second-order valence-electron chi connectivity index (χ2n) is 6.45. The molecule has 2 rings (SSSR count). The molecule has 0 saturated heterocycles. The van der Waals surface area contributed by atoms with Crippen molar-refractivity contribution in [1.82, 2.24) is 10.2 Å². The van der Waals surface area contributed by atoms with Crippen LogP contribution in [0.1, 0.15) is 44.5 Å². The van der Waals surface area contributed by atoms with Gasteiger partial charge in [0.15, 0.2) is 9.84 Å². The Morgan fingerprint density at radius 3 is 2.46 bits per heavy atom. The molecule has 0 bridgehead atoms. The van der Waals surface area contributed by atoms with Crippen molar-refractivity contribution >= 4 is 27.0 Å². The van der Waals surface area contributed by atoms with Crippen molar-refractivity contribution in [3.63, 3.8) is 0 Å². The van der Waals surface area contributed by atoms with E-state index in [-0.39, 0.29) is 29.0 Å². The quantitative estimate of drug-likeness (QED) is 0.568. The minimum atomic E-state index is -3.00. The minimum absolute atomic E-state index is 0.0681. The number of aromatic nitrogens is 2. The molecule has 142 valence electrons. The maximum absolute atomic E-state index is 12.9.